The Kier molecular flexibility index (Phi) is 4.86. The van der Waals surface area contributed by atoms with Crippen molar-refractivity contribution < 1.29 is 32.2 Å². The van der Waals surface area contributed by atoms with Gasteiger partial charge in [-0.05, 0) is 40.2 Å². The Hall–Kier alpha value is -1.80. The van der Waals surface area contributed by atoms with Crippen molar-refractivity contribution in [1.82, 2.24) is 0 Å². The summed E-state index contributed by atoms with van der Waals surface area (Å²) in [6, 6.07) is 4.41. The van der Waals surface area contributed by atoms with E-state index in [9.17, 15) is 22.4 Å². The van der Waals surface area contributed by atoms with E-state index >= 15 is 0 Å². The van der Waals surface area contributed by atoms with Crippen LogP contribution in [0.4, 0.5) is 17.6 Å². The molecular formula is C14H6BrClF4O3. The van der Waals surface area contributed by atoms with Crippen LogP contribution in [-0.2, 0) is 6.18 Å². The molecule has 0 spiro atoms. The van der Waals surface area contributed by atoms with Crippen LogP contribution < -0.4 is 4.74 Å². The molecule has 9 heteroatoms. The third-order valence-corrected chi connectivity index (χ3v) is 3.70. The smallest absolute Gasteiger partial charge is 0.420 e. The number of hydrogen-bond acceptors (Lipinski definition) is 2. The lowest BCUT2D eigenvalue weighted by Gasteiger charge is -2.17. The number of ether oxygens (including phenoxy) is 1. The number of hydrogen-bond donors (Lipinski definition) is 1. The fourth-order valence-corrected chi connectivity index (χ4v) is 2.39. The van der Waals surface area contributed by atoms with Gasteiger partial charge in [0.2, 0.25) is 0 Å². The summed E-state index contributed by atoms with van der Waals surface area (Å²) in [7, 11) is 0. The van der Waals surface area contributed by atoms with E-state index in [1.165, 1.54) is 0 Å². The van der Waals surface area contributed by atoms with Gasteiger partial charge in [0.05, 0.1) is 10.6 Å². The zero-order chi connectivity index (χ0) is 17.4. The van der Waals surface area contributed by atoms with Crippen molar-refractivity contribution in [1.29, 1.82) is 0 Å². The van der Waals surface area contributed by atoms with Crippen LogP contribution in [0.3, 0.4) is 0 Å². The first kappa shape index (κ1) is 17.6. The van der Waals surface area contributed by atoms with Gasteiger partial charge in [-0.2, -0.15) is 13.2 Å². The molecular weight excluding hydrogens is 408 g/mol. The van der Waals surface area contributed by atoms with E-state index < -0.39 is 40.6 Å². The Morgan fingerprint density at radius 1 is 1.22 bits per heavy atom. The Labute approximate surface area is 140 Å². The number of aromatic carboxylic acids is 1. The van der Waals surface area contributed by atoms with E-state index in [1.54, 1.807) is 0 Å². The number of benzene rings is 2. The van der Waals surface area contributed by atoms with Gasteiger partial charge in [-0.25, -0.2) is 9.18 Å². The summed E-state index contributed by atoms with van der Waals surface area (Å²) < 4.78 is 57.5. The van der Waals surface area contributed by atoms with Crippen LogP contribution in [0.2, 0.25) is 5.02 Å². The highest BCUT2D eigenvalue weighted by Gasteiger charge is 2.37. The zero-order valence-corrected chi connectivity index (χ0v) is 13.3. The zero-order valence-electron chi connectivity index (χ0n) is 10.9. The highest BCUT2D eigenvalue weighted by Crippen LogP contribution is 2.43. The molecule has 0 aromatic heterocycles. The second kappa shape index (κ2) is 6.37. The maximum atomic E-state index is 13.2. The van der Waals surface area contributed by atoms with Crippen molar-refractivity contribution in [2.75, 3.05) is 0 Å². The van der Waals surface area contributed by atoms with Gasteiger partial charge < -0.3 is 9.84 Å². The minimum atomic E-state index is -4.87. The van der Waals surface area contributed by atoms with E-state index in [-0.39, 0.29) is 9.50 Å². The first-order valence-electron chi connectivity index (χ1n) is 5.87. The molecule has 1 N–H and O–H groups in total. The SMILES string of the molecule is O=C(O)c1c(Br)ccc(C(F)(F)F)c1Oc1cc(F)ccc1Cl. The van der Waals surface area contributed by atoms with Crippen molar-refractivity contribution in [2.45, 2.75) is 6.18 Å². The second-order valence-corrected chi connectivity index (χ2v) is 5.54. The number of halogens is 6. The predicted molar refractivity (Wildman–Crippen MR) is 77.6 cm³/mol. The summed E-state index contributed by atoms with van der Waals surface area (Å²) >= 11 is 8.61. The van der Waals surface area contributed by atoms with E-state index in [4.69, 9.17) is 21.4 Å². The summed E-state index contributed by atoms with van der Waals surface area (Å²) in [5.41, 5.74) is -2.07. The quantitative estimate of drug-likeness (QED) is 0.652. The van der Waals surface area contributed by atoms with Gasteiger partial charge >= 0.3 is 12.1 Å². The molecule has 0 radical (unpaired) electrons. The van der Waals surface area contributed by atoms with Crippen molar-refractivity contribution in [2.24, 2.45) is 0 Å². The third-order valence-electron chi connectivity index (χ3n) is 2.73. The van der Waals surface area contributed by atoms with E-state index in [0.29, 0.717) is 6.07 Å². The molecule has 3 nitrogen and oxygen atoms in total. The average Bonchev–Trinajstić information content (AvgIpc) is 2.41. The molecule has 0 aliphatic heterocycles. The van der Waals surface area contributed by atoms with Crippen LogP contribution in [0.25, 0.3) is 0 Å². The normalized spacial score (nSPS) is 11.4. The highest BCUT2D eigenvalue weighted by atomic mass is 79.9. The third kappa shape index (κ3) is 3.76. The van der Waals surface area contributed by atoms with Crippen molar-refractivity contribution >= 4 is 33.5 Å². The van der Waals surface area contributed by atoms with Gasteiger partial charge in [0.25, 0.3) is 0 Å². The summed E-state index contributed by atoms with van der Waals surface area (Å²) in [5, 5.41) is 8.98. The number of rotatable bonds is 3. The second-order valence-electron chi connectivity index (χ2n) is 4.28. The summed E-state index contributed by atoms with van der Waals surface area (Å²) in [6.07, 6.45) is -4.87. The lowest BCUT2D eigenvalue weighted by Crippen LogP contribution is -2.12. The molecule has 23 heavy (non-hydrogen) atoms. The molecule has 122 valence electrons. The van der Waals surface area contributed by atoms with E-state index in [0.717, 1.165) is 24.3 Å². The number of carboxylic acid groups (broad SMARTS) is 1. The Morgan fingerprint density at radius 2 is 1.87 bits per heavy atom. The first-order valence-corrected chi connectivity index (χ1v) is 7.04. The van der Waals surface area contributed by atoms with Crippen molar-refractivity contribution in [3.63, 3.8) is 0 Å². The molecule has 0 fully saturated rings. The van der Waals surface area contributed by atoms with Crippen LogP contribution >= 0.6 is 27.5 Å². The van der Waals surface area contributed by atoms with Crippen molar-refractivity contribution in [3.8, 4) is 11.5 Å². The Balaban J connectivity index is 2.70. The molecule has 0 aliphatic carbocycles. The van der Waals surface area contributed by atoms with Crippen LogP contribution in [0.5, 0.6) is 11.5 Å². The first-order chi connectivity index (χ1) is 10.6. The molecule has 0 bridgehead atoms. The summed E-state index contributed by atoms with van der Waals surface area (Å²) in [6.45, 7) is 0. The minimum absolute atomic E-state index is 0.125. The lowest BCUT2D eigenvalue weighted by molar-refractivity contribution is -0.138. The van der Waals surface area contributed by atoms with Gasteiger partial charge in [0.15, 0.2) is 5.75 Å². The molecule has 0 heterocycles. The van der Waals surface area contributed by atoms with Crippen molar-refractivity contribution in [3.05, 3.63) is 56.8 Å². The standard InChI is InChI=1S/C14H6BrClF4O3/c15-8-3-2-7(14(18,19)20)12(11(8)13(21)22)23-10-5-6(17)1-4-9(10)16/h1-5H,(H,21,22). The van der Waals surface area contributed by atoms with Gasteiger partial charge in [0.1, 0.15) is 17.1 Å². The van der Waals surface area contributed by atoms with E-state index in [2.05, 4.69) is 15.9 Å². The fourth-order valence-electron chi connectivity index (χ4n) is 1.75. The number of carboxylic acids is 1. The summed E-state index contributed by atoms with van der Waals surface area (Å²) in [4.78, 5) is 11.3. The molecule has 0 atom stereocenters. The molecule has 0 amide bonds. The Bertz CT molecular complexity index is 777. The maximum Gasteiger partial charge on any atom is 0.420 e. The van der Waals surface area contributed by atoms with Gasteiger partial charge in [0, 0.05) is 10.5 Å². The van der Waals surface area contributed by atoms with Crippen LogP contribution in [-0.4, -0.2) is 11.1 Å². The highest BCUT2D eigenvalue weighted by molar-refractivity contribution is 9.10. The summed E-state index contributed by atoms with van der Waals surface area (Å²) in [5.74, 6) is -3.86. The van der Waals surface area contributed by atoms with E-state index in [1.807, 2.05) is 0 Å². The molecule has 0 saturated heterocycles. The van der Waals surface area contributed by atoms with Crippen LogP contribution in [0.1, 0.15) is 15.9 Å². The van der Waals surface area contributed by atoms with Crippen LogP contribution in [0, 0.1) is 5.82 Å². The molecule has 2 rings (SSSR count). The molecule has 0 saturated carbocycles. The molecule has 0 aliphatic rings. The fraction of sp³-hybridized carbons (Fsp3) is 0.0714. The monoisotopic (exact) mass is 412 g/mol. The average molecular weight is 414 g/mol. The molecule has 2 aromatic rings. The Morgan fingerprint density at radius 3 is 2.43 bits per heavy atom. The largest absolute Gasteiger partial charge is 0.478 e. The number of alkyl halides is 3. The minimum Gasteiger partial charge on any atom is -0.478 e. The topological polar surface area (TPSA) is 46.5 Å². The lowest BCUT2D eigenvalue weighted by atomic mass is 10.1. The van der Waals surface area contributed by atoms with Gasteiger partial charge in [-0.3, -0.25) is 0 Å². The van der Waals surface area contributed by atoms with Crippen LogP contribution in [0.15, 0.2) is 34.8 Å². The van der Waals surface area contributed by atoms with Gasteiger partial charge in [-0.1, -0.05) is 11.6 Å². The van der Waals surface area contributed by atoms with Gasteiger partial charge in [-0.15, -0.1) is 0 Å². The predicted octanol–water partition coefficient (Wildman–Crippen LogP) is 5.75. The maximum absolute atomic E-state index is 13.2. The molecule has 0 unspecified atom stereocenters. The number of carbonyl (C=O) groups is 1. The molecule has 2 aromatic carbocycles.